The van der Waals surface area contributed by atoms with Crippen LogP contribution in [0.5, 0.6) is 0 Å². The molecular formula is C20H25N7O3. The topological polar surface area (TPSA) is 112 Å². The van der Waals surface area contributed by atoms with Gasteiger partial charge in [0.1, 0.15) is 0 Å². The number of amides is 4. The molecule has 0 saturated carbocycles. The molecule has 1 spiro atoms. The Morgan fingerprint density at radius 2 is 2.07 bits per heavy atom. The van der Waals surface area contributed by atoms with E-state index in [1.165, 1.54) is 0 Å². The molecule has 5 rings (SSSR count). The largest absolute Gasteiger partial charge is 0.366 e. The molecule has 0 aliphatic carbocycles. The average molecular weight is 411 g/mol. The Balaban J connectivity index is 1.46. The normalized spacial score (nSPS) is 26.3. The predicted octanol–water partition coefficient (Wildman–Crippen LogP) is 0.490. The van der Waals surface area contributed by atoms with Crippen molar-refractivity contribution in [1.82, 2.24) is 30.1 Å². The molecule has 2 atom stereocenters. The number of aromatic nitrogens is 3. The van der Waals surface area contributed by atoms with Crippen LogP contribution in [0.3, 0.4) is 0 Å². The van der Waals surface area contributed by atoms with Crippen LogP contribution in [0.2, 0.25) is 0 Å². The Labute approximate surface area is 173 Å². The first-order chi connectivity index (χ1) is 14.4. The van der Waals surface area contributed by atoms with E-state index in [9.17, 15) is 14.4 Å². The maximum Gasteiger partial charge on any atom is 0.321 e. The third-order valence-corrected chi connectivity index (χ3v) is 6.54. The Bertz CT molecular complexity index is 1050. The summed E-state index contributed by atoms with van der Waals surface area (Å²) in [6, 6.07) is 1.41. The van der Waals surface area contributed by atoms with Crippen LogP contribution in [0.4, 0.5) is 10.5 Å². The fourth-order valence-corrected chi connectivity index (χ4v) is 4.77. The zero-order valence-corrected chi connectivity index (χ0v) is 17.1. The Hall–Kier alpha value is -3.17. The molecule has 2 unspecified atom stereocenters. The SMILES string of the molecule is CC(C)C(=O)N1CCC12CCN(c1cc(C3CNC(=O)NC3=O)nn3ccnc13)C2. The minimum atomic E-state index is -0.562. The molecule has 3 saturated heterocycles. The second kappa shape index (κ2) is 6.68. The molecule has 0 aromatic carbocycles. The van der Waals surface area contributed by atoms with Gasteiger partial charge in [-0.3, -0.25) is 14.9 Å². The number of rotatable bonds is 3. The van der Waals surface area contributed by atoms with Crippen molar-refractivity contribution >= 4 is 29.2 Å². The van der Waals surface area contributed by atoms with Gasteiger partial charge in [-0.15, -0.1) is 0 Å². The number of fused-ring (bicyclic) bond motifs is 1. The van der Waals surface area contributed by atoms with Crippen molar-refractivity contribution in [3.05, 3.63) is 24.2 Å². The monoisotopic (exact) mass is 411 g/mol. The maximum absolute atomic E-state index is 12.6. The maximum atomic E-state index is 12.6. The van der Waals surface area contributed by atoms with Crippen LogP contribution in [0, 0.1) is 5.92 Å². The van der Waals surface area contributed by atoms with Gasteiger partial charge in [0.25, 0.3) is 0 Å². The van der Waals surface area contributed by atoms with E-state index in [0.717, 1.165) is 43.8 Å². The molecule has 4 amide bonds. The van der Waals surface area contributed by atoms with E-state index in [1.54, 1.807) is 16.9 Å². The zero-order chi connectivity index (χ0) is 21.0. The number of nitrogens with zero attached hydrogens (tertiary/aromatic N) is 5. The third-order valence-electron chi connectivity index (χ3n) is 6.54. The standard InChI is InChI=1S/C20H25N7O3/c1-12(2)18(29)26-7-4-20(26)3-6-25(11-20)15-9-14(24-27-8-5-21-16(15)27)13-10-22-19(30)23-17(13)28/h5,8-9,12-13H,3-4,6-7,10-11H2,1-2H3,(H2,22,23,28,30). The summed E-state index contributed by atoms with van der Waals surface area (Å²) in [6.45, 7) is 6.45. The van der Waals surface area contributed by atoms with E-state index >= 15 is 0 Å². The first kappa shape index (κ1) is 18.8. The van der Waals surface area contributed by atoms with Gasteiger partial charge in [0.15, 0.2) is 5.65 Å². The molecule has 158 valence electrons. The summed E-state index contributed by atoms with van der Waals surface area (Å²) in [7, 11) is 0. The van der Waals surface area contributed by atoms with Crippen molar-refractivity contribution in [1.29, 1.82) is 0 Å². The molecule has 0 bridgehead atoms. The van der Waals surface area contributed by atoms with Gasteiger partial charge in [-0.2, -0.15) is 5.10 Å². The first-order valence-corrected chi connectivity index (χ1v) is 10.4. The van der Waals surface area contributed by atoms with E-state index in [4.69, 9.17) is 0 Å². The number of anilines is 1. The van der Waals surface area contributed by atoms with Crippen LogP contribution in [0.25, 0.3) is 5.65 Å². The number of imidazole rings is 1. The highest BCUT2D eigenvalue weighted by molar-refractivity contribution is 6.00. The van der Waals surface area contributed by atoms with E-state index < -0.39 is 11.9 Å². The number of carbonyl (C=O) groups is 3. The van der Waals surface area contributed by atoms with Crippen LogP contribution in [0.15, 0.2) is 18.5 Å². The van der Waals surface area contributed by atoms with Gasteiger partial charge in [0.2, 0.25) is 11.8 Å². The van der Waals surface area contributed by atoms with Crippen LogP contribution >= 0.6 is 0 Å². The minimum Gasteiger partial charge on any atom is -0.366 e. The quantitative estimate of drug-likeness (QED) is 0.760. The van der Waals surface area contributed by atoms with E-state index in [2.05, 4.69) is 25.6 Å². The molecule has 10 heteroatoms. The lowest BCUT2D eigenvalue weighted by atomic mass is 9.82. The van der Waals surface area contributed by atoms with Crippen LogP contribution < -0.4 is 15.5 Å². The number of carbonyl (C=O) groups excluding carboxylic acids is 3. The second-order valence-electron chi connectivity index (χ2n) is 8.69. The van der Waals surface area contributed by atoms with Crippen LogP contribution in [0.1, 0.15) is 38.3 Å². The summed E-state index contributed by atoms with van der Waals surface area (Å²) in [5.41, 5.74) is 2.08. The van der Waals surface area contributed by atoms with E-state index in [1.807, 2.05) is 24.8 Å². The number of hydrogen-bond donors (Lipinski definition) is 2. The van der Waals surface area contributed by atoms with Crippen molar-refractivity contribution in [2.45, 2.75) is 38.1 Å². The lowest BCUT2D eigenvalue weighted by Crippen LogP contribution is -2.64. The fourth-order valence-electron chi connectivity index (χ4n) is 4.77. The van der Waals surface area contributed by atoms with E-state index in [0.29, 0.717) is 5.69 Å². The van der Waals surface area contributed by atoms with Gasteiger partial charge in [0, 0.05) is 44.5 Å². The molecule has 0 radical (unpaired) electrons. The molecule has 10 nitrogen and oxygen atoms in total. The van der Waals surface area contributed by atoms with E-state index in [-0.39, 0.29) is 29.8 Å². The Morgan fingerprint density at radius 3 is 2.77 bits per heavy atom. The molecular weight excluding hydrogens is 386 g/mol. The third kappa shape index (κ3) is 2.81. The smallest absolute Gasteiger partial charge is 0.321 e. The molecule has 2 aromatic rings. The molecule has 30 heavy (non-hydrogen) atoms. The average Bonchev–Trinajstić information content (AvgIpc) is 3.34. The summed E-state index contributed by atoms with van der Waals surface area (Å²) in [5, 5.41) is 9.52. The number of hydrogen-bond acceptors (Lipinski definition) is 6. The van der Waals surface area contributed by atoms with Gasteiger partial charge in [-0.1, -0.05) is 13.8 Å². The van der Waals surface area contributed by atoms with Crippen LogP contribution in [-0.2, 0) is 9.59 Å². The van der Waals surface area contributed by atoms with Crippen molar-refractivity contribution in [2.24, 2.45) is 5.92 Å². The molecule has 5 heterocycles. The zero-order valence-electron chi connectivity index (χ0n) is 17.1. The van der Waals surface area contributed by atoms with Crippen molar-refractivity contribution < 1.29 is 14.4 Å². The Kier molecular flexibility index (Phi) is 4.19. The molecule has 2 N–H and O–H groups in total. The van der Waals surface area contributed by atoms with Crippen LogP contribution in [-0.4, -0.2) is 69.1 Å². The Morgan fingerprint density at radius 1 is 1.27 bits per heavy atom. The van der Waals surface area contributed by atoms with Gasteiger partial charge in [-0.05, 0) is 18.9 Å². The summed E-state index contributed by atoms with van der Waals surface area (Å²) in [4.78, 5) is 45.1. The molecule has 3 fully saturated rings. The number of imide groups is 1. The summed E-state index contributed by atoms with van der Waals surface area (Å²) < 4.78 is 1.68. The lowest BCUT2D eigenvalue weighted by molar-refractivity contribution is -0.149. The summed E-state index contributed by atoms with van der Waals surface area (Å²) in [6.07, 6.45) is 5.35. The highest BCUT2D eigenvalue weighted by Gasteiger charge is 2.52. The first-order valence-electron chi connectivity index (χ1n) is 10.4. The number of likely N-dealkylation sites (tertiary alicyclic amines) is 1. The van der Waals surface area contributed by atoms with Crippen molar-refractivity contribution in [3.63, 3.8) is 0 Å². The van der Waals surface area contributed by atoms with Crippen molar-refractivity contribution in [3.8, 4) is 0 Å². The highest BCUT2D eigenvalue weighted by Crippen LogP contribution is 2.42. The van der Waals surface area contributed by atoms with Gasteiger partial charge in [-0.25, -0.2) is 14.3 Å². The lowest BCUT2D eigenvalue weighted by Gasteiger charge is -2.51. The molecule has 2 aromatic heterocycles. The highest BCUT2D eigenvalue weighted by atomic mass is 16.2. The molecule has 3 aliphatic heterocycles. The summed E-state index contributed by atoms with van der Waals surface area (Å²) in [5.74, 6) is -0.725. The second-order valence-corrected chi connectivity index (χ2v) is 8.69. The van der Waals surface area contributed by atoms with Gasteiger partial charge >= 0.3 is 6.03 Å². The van der Waals surface area contributed by atoms with Crippen molar-refractivity contribution in [2.75, 3.05) is 31.1 Å². The summed E-state index contributed by atoms with van der Waals surface area (Å²) >= 11 is 0. The number of urea groups is 1. The minimum absolute atomic E-state index is 0.0113. The van der Waals surface area contributed by atoms with Gasteiger partial charge < -0.3 is 15.1 Å². The van der Waals surface area contributed by atoms with Gasteiger partial charge in [0.05, 0.1) is 22.8 Å². The number of nitrogens with one attached hydrogen (secondary N) is 2. The fraction of sp³-hybridized carbons (Fsp3) is 0.550. The predicted molar refractivity (Wildman–Crippen MR) is 108 cm³/mol. The molecule has 3 aliphatic rings.